The summed E-state index contributed by atoms with van der Waals surface area (Å²) in [5.74, 6) is 5.75. The molecule has 6 nitrogen and oxygen atoms in total. The van der Waals surface area contributed by atoms with Crippen LogP contribution in [0.15, 0.2) is 36.7 Å². The number of hydrogen-bond donors (Lipinski definition) is 2. The molecule has 3 N–H and O–H groups in total. The summed E-state index contributed by atoms with van der Waals surface area (Å²) in [5.41, 5.74) is 7.25. The van der Waals surface area contributed by atoms with Crippen LogP contribution in [0.2, 0.25) is 0 Å². The van der Waals surface area contributed by atoms with E-state index in [0.717, 1.165) is 11.1 Å². The largest absolute Gasteiger partial charge is 0.352 e. The molecule has 0 radical (unpaired) electrons. The molecule has 1 amide bonds. The van der Waals surface area contributed by atoms with Crippen LogP contribution in [-0.2, 0) is 17.9 Å². The van der Waals surface area contributed by atoms with Gasteiger partial charge in [0.25, 0.3) is 0 Å². The van der Waals surface area contributed by atoms with Crippen LogP contribution in [0.5, 0.6) is 0 Å². The van der Waals surface area contributed by atoms with Crippen LogP contribution < -0.4 is 11.1 Å². The Hall–Kier alpha value is -2.65. The van der Waals surface area contributed by atoms with Crippen LogP contribution in [0.25, 0.3) is 0 Å². The van der Waals surface area contributed by atoms with Crippen LogP contribution in [0.3, 0.4) is 0 Å². The van der Waals surface area contributed by atoms with Gasteiger partial charge in [0.05, 0.1) is 19.3 Å². The molecule has 1 aromatic heterocycles. The number of hydrogen-bond acceptors (Lipinski definition) is 4. The van der Waals surface area contributed by atoms with E-state index in [1.807, 2.05) is 24.3 Å². The second-order valence-corrected chi connectivity index (χ2v) is 4.40. The molecule has 0 fully saturated rings. The third kappa shape index (κ3) is 5.09. The zero-order valence-electron chi connectivity index (χ0n) is 11.6. The Morgan fingerprint density at radius 3 is 3.10 bits per heavy atom. The van der Waals surface area contributed by atoms with Gasteiger partial charge < -0.3 is 11.1 Å². The zero-order valence-corrected chi connectivity index (χ0v) is 11.6. The number of benzene rings is 1. The van der Waals surface area contributed by atoms with E-state index in [9.17, 15) is 4.79 Å². The maximum atomic E-state index is 11.8. The van der Waals surface area contributed by atoms with Gasteiger partial charge in [0.1, 0.15) is 0 Å². The van der Waals surface area contributed by atoms with Crippen LogP contribution >= 0.6 is 0 Å². The number of nitrogens with one attached hydrogen (secondary N) is 1. The number of carbonyl (C=O) groups is 1. The molecule has 0 atom stereocenters. The van der Waals surface area contributed by atoms with Crippen molar-refractivity contribution in [1.29, 1.82) is 0 Å². The van der Waals surface area contributed by atoms with Crippen molar-refractivity contribution in [2.75, 3.05) is 6.54 Å². The van der Waals surface area contributed by atoms with Crippen LogP contribution in [-0.4, -0.2) is 27.4 Å². The van der Waals surface area contributed by atoms with Crippen molar-refractivity contribution >= 4 is 5.91 Å². The zero-order chi connectivity index (χ0) is 14.9. The van der Waals surface area contributed by atoms with Gasteiger partial charge in [-0.15, -0.1) is 5.10 Å². The first kappa shape index (κ1) is 14.8. The molecule has 0 bridgehead atoms. The normalized spacial score (nSPS) is 9.76. The lowest BCUT2D eigenvalue weighted by Gasteiger charge is -2.06. The van der Waals surface area contributed by atoms with Gasteiger partial charge in [-0.25, -0.2) is 0 Å². The lowest BCUT2D eigenvalue weighted by molar-refractivity contribution is -0.121. The van der Waals surface area contributed by atoms with Crippen LogP contribution in [0.1, 0.15) is 17.5 Å². The number of rotatable bonds is 5. The average molecular weight is 283 g/mol. The van der Waals surface area contributed by atoms with E-state index in [0.29, 0.717) is 26.1 Å². The highest BCUT2D eigenvalue weighted by Crippen LogP contribution is 2.04. The van der Waals surface area contributed by atoms with Gasteiger partial charge >= 0.3 is 0 Å². The molecule has 108 valence electrons. The summed E-state index contributed by atoms with van der Waals surface area (Å²) in [6, 6.07) is 7.72. The van der Waals surface area contributed by atoms with Crippen molar-refractivity contribution < 1.29 is 4.79 Å². The molecule has 2 aromatic rings. The smallest absolute Gasteiger partial charge is 0.222 e. The molecule has 1 heterocycles. The first-order valence-corrected chi connectivity index (χ1v) is 6.66. The Labute approximate surface area is 123 Å². The second-order valence-electron chi connectivity index (χ2n) is 4.40. The summed E-state index contributed by atoms with van der Waals surface area (Å²) in [4.78, 5) is 11.8. The molecule has 0 saturated carbocycles. The molecule has 0 aliphatic carbocycles. The summed E-state index contributed by atoms with van der Waals surface area (Å²) < 4.78 is 1.63. The van der Waals surface area contributed by atoms with Gasteiger partial charge in [-0.1, -0.05) is 29.2 Å². The number of aryl methyl sites for hydroxylation is 1. The molecule has 0 saturated heterocycles. The SMILES string of the molecule is NCC#Cc1cccc(CNC(=O)CCn2ccnn2)c1. The number of amides is 1. The van der Waals surface area contributed by atoms with Crippen molar-refractivity contribution in [2.45, 2.75) is 19.5 Å². The molecular weight excluding hydrogens is 266 g/mol. The predicted octanol–water partition coefficient (Wildman–Crippen LogP) is 0.295. The average Bonchev–Trinajstić information content (AvgIpc) is 3.03. The number of carbonyl (C=O) groups excluding carboxylic acids is 1. The first-order chi connectivity index (χ1) is 10.3. The molecule has 6 heteroatoms. The highest BCUT2D eigenvalue weighted by molar-refractivity contribution is 5.75. The Morgan fingerprint density at radius 1 is 1.43 bits per heavy atom. The molecular formula is C15H17N5O. The Kier molecular flexibility index (Phi) is 5.50. The van der Waals surface area contributed by atoms with E-state index in [1.165, 1.54) is 0 Å². The maximum absolute atomic E-state index is 11.8. The molecule has 0 aliphatic rings. The second kappa shape index (κ2) is 7.82. The summed E-state index contributed by atoms with van der Waals surface area (Å²) in [6.07, 6.45) is 3.69. The van der Waals surface area contributed by atoms with Crippen molar-refractivity contribution in [2.24, 2.45) is 5.73 Å². The number of nitrogens with two attached hydrogens (primary N) is 1. The highest BCUT2D eigenvalue weighted by atomic mass is 16.1. The monoisotopic (exact) mass is 283 g/mol. The van der Waals surface area contributed by atoms with E-state index >= 15 is 0 Å². The third-order valence-electron chi connectivity index (χ3n) is 2.79. The Morgan fingerprint density at radius 2 is 2.33 bits per heavy atom. The van der Waals surface area contributed by atoms with Crippen LogP contribution in [0, 0.1) is 11.8 Å². The maximum Gasteiger partial charge on any atom is 0.222 e. The lowest BCUT2D eigenvalue weighted by atomic mass is 10.1. The molecule has 0 spiro atoms. The fraction of sp³-hybridized carbons (Fsp3) is 0.267. The standard InChI is InChI=1S/C15H17N5O/c16-7-2-5-13-3-1-4-14(11-13)12-17-15(21)6-9-20-10-8-18-19-20/h1,3-4,8,10-11H,6-7,9,12,16H2,(H,17,21). The number of aromatic nitrogens is 3. The summed E-state index contributed by atoms with van der Waals surface area (Å²) >= 11 is 0. The van der Waals surface area contributed by atoms with Gasteiger partial charge in [0, 0.05) is 24.7 Å². The summed E-state index contributed by atoms with van der Waals surface area (Å²) in [6.45, 7) is 1.34. The molecule has 0 unspecified atom stereocenters. The van der Waals surface area contributed by atoms with Gasteiger partial charge in [0.15, 0.2) is 0 Å². The Balaban J connectivity index is 1.80. The van der Waals surface area contributed by atoms with E-state index in [-0.39, 0.29) is 5.91 Å². The van der Waals surface area contributed by atoms with E-state index in [1.54, 1.807) is 17.1 Å². The first-order valence-electron chi connectivity index (χ1n) is 6.66. The lowest BCUT2D eigenvalue weighted by Crippen LogP contribution is -2.24. The highest BCUT2D eigenvalue weighted by Gasteiger charge is 2.02. The summed E-state index contributed by atoms with van der Waals surface area (Å²) in [7, 11) is 0. The van der Waals surface area contributed by atoms with E-state index < -0.39 is 0 Å². The topological polar surface area (TPSA) is 85.8 Å². The summed E-state index contributed by atoms with van der Waals surface area (Å²) in [5, 5.41) is 10.4. The van der Waals surface area contributed by atoms with Crippen molar-refractivity contribution in [1.82, 2.24) is 20.3 Å². The van der Waals surface area contributed by atoms with E-state index in [4.69, 9.17) is 5.73 Å². The quantitative estimate of drug-likeness (QED) is 0.773. The minimum absolute atomic E-state index is 0.0241. The molecule has 2 rings (SSSR count). The predicted molar refractivity (Wildman–Crippen MR) is 78.9 cm³/mol. The fourth-order valence-corrected chi connectivity index (χ4v) is 1.77. The van der Waals surface area contributed by atoms with Gasteiger partial charge in [0.2, 0.25) is 5.91 Å². The third-order valence-corrected chi connectivity index (χ3v) is 2.79. The minimum Gasteiger partial charge on any atom is -0.352 e. The number of nitrogens with zero attached hydrogens (tertiary/aromatic N) is 3. The van der Waals surface area contributed by atoms with Gasteiger partial charge in [-0.2, -0.15) is 0 Å². The van der Waals surface area contributed by atoms with Crippen molar-refractivity contribution in [3.05, 3.63) is 47.8 Å². The molecule has 1 aromatic carbocycles. The minimum atomic E-state index is -0.0241. The van der Waals surface area contributed by atoms with Crippen molar-refractivity contribution in [3.8, 4) is 11.8 Å². The molecule has 0 aliphatic heterocycles. The fourth-order valence-electron chi connectivity index (χ4n) is 1.77. The van der Waals surface area contributed by atoms with Crippen molar-refractivity contribution in [3.63, 3.8) is 0 Å². The van der Waals surface area contributed by atoms with Gasteiger partial charge in [-0.05, 0) is 17.7 Å². The Bertz CT molecular complexity index is 640. The molecule has 21 heavy (non-hydrogen) atoms. The van der Waals surface area contributed by atoms with E-state index in [2.05, 4.69) is 27.5 Å². The van der Waals surface area contributed by atoms with Gasteiger partial charge in [-0.3, -0.25) is 9.48 Å². The van der Waals surface area contributed by atoms with Crippen LogP contribution in [0.4, 0.5) is 0 Å².